The molecule has 2 heterocycles. The number of anilines is 1. The van der Waals surface area contributed by atoms with Crippen molar-refractivity contribution in [3.8, 4) is 6.07 Å². The maximum Gasteiger partial charge on any atom is 0.245 e. The molecule has 1 saturated heterocycles. The highest BCUT2D eigenvalue weighted by molar-refractivity contribution is 5.59. The van der Waals surface area contributed by atoms with E-state index in [1.165, 1.54) is 12.1 Å². The largest absolute Gasteiger partial charge is 0.367 e. The van der Waals surface area contributed by atoms with E-state index in [4.69, 9.17) is 4.52 Å². The molecule has 1 aromatic heterocycles. The number of piperazine rings is 1. The first kappa shape index (κ1) is 15.1. The second-order valence-corrected chi connectivity index (χ2v) is 6.48. The summed E-state index contributed by atoms with van der Waals surface area (Å²) >= 11 is 0. The Morgan fingerprint density at radius 1 is 1.33 bits per heavy atom. The molecule has 1 aliphatic carbocycles. The predicted octanol–water partition coefficient (Wildman–Crippen LogP) is 2.45. The van der Waals surface area contributed by atoms with Crippen molar-refractivity contribution in [2.24, 2.45) is 0 Å². The predicted molar refractivity (Wildman–Crippen MR) is 85.0 cm³/mol. The first-order chi connectivity index (χ1) is 11.7. The molecule has 1 aliphatic heterocycles. The molecule has 0 radical (unpaired) electrons. The summed E-state index contributed by atoms with van der Waals surface area (Å²) in [6.07, 6.45) is 2.26. The summed E-state index contributed by atoms with van der Waals surface area (Å²) in [4.78, 5) is 8.82. The van der Waals surface area contributed by atoms with E-state index in [-0.39, 0.29) is 6.04 Å². The summed E-state index contributed by atoms with van der Waals surface area (Å²) in [6, 6.07) is 6.38. The van der Waals surface area contributed by atoms with Gasteiger partial charge in [-0.25, -0.2) is 4.39 Å². The number of nitriles is 1. The molecule has 1 unspecified atom stereocenters. The van der Waals surface area contributed by atoms with E-state index in [0.717, 1.165) is 37.4 Å². The summed E-state index contributed by atoms with van der Waals surface area (Å²) in [6.45, 7) is 2.19. The van der Waals surface area contributed by atoms with Gasteiger partial charge in [0.05, 0.1) is 11.3 Å². The van der Waals surface area contributed by atoms with Crippen LogP contribution in [-0.2, 0) is 0 Å². The maximum atomic E-state index is 13.4. The van der Waals surface area contributed by atoms with Crippen LogP contribution in [0, 0.1) is 17.1 Å². The van der Waals surface area contributed by atoms with Gasteiger partial charge in [-0.15, -0.1) is 0 Å². The maximum absolute atomic E-state index is 13.4. The van der Waals surface area contributed by atoms with E-state index >= 15 is 0 Å². The summed E-state index contributed by atoms with van der Waals surface area (Å²) < 4.78 is 18.9. The highest BCUT2D eigenvalue weighted by Gasteiger charge is 2.34. The van der Waals surface area contributed by atoms with Gasteiger partial charge in [-0.1, -0.05) is 5.16 Å². The van der Waals surface area contributed by atoms with Crippen molar-refractivity contribution in [3.63, 3.8) is 0 Å². The van der Waals surface area contributed by atoms with E-state index in [0.29, 0.717) is 23.9 Å². The zero-order valence-electron chi connectivity index (χ0n) is 13.4. The molecule has 0 amide bonds. The number of aromatic nitrogens is 2. The molecular weight excluding hydrogens is 309 g/mol. The van der Waals surface area contributed by atoms with Crippen LogP contribution in [0.2, 0.25) is 0 Å². The Hall–Kier alpha value is -2.46. The van der Waals surface area contributed by atoms with Crippen LogP contribution in [0.3, 0.4) is 0 Å². The van der Waals surface area contributed by atoms with Crippen molar-refractivity contribution in [2.45, 2.75) is 24.8 Å². The molecule has 2 aromatic rings. The van der Waals surface area contributed by atoms with Gasteiger partial charge in [-0.05, 0) is 38.1 Å². The normalized spacial score (nSPS) is 21.7. The van der Waals surface area contributed by atoms with E-state index in [1.54, 1.807) is 6.07 Å². The fourth-order valence-corrected chi connectivity index (χ4v) is 3.12. The molecule has 2 fully saturated rings. The summed E-state index contributed by atoms with van der Waals surface area (Å²) in [7, 11) is 2.03. The molecule has 24 heavy (non-hydrogen) atoms. The zero-order chi connectivity index (χ0) is 16.7. The zero-order valence-corrected chi connectivity index (χ0v) is 13.4. The molecule has 1 atom stereocenters. The number of halogens is 1. The Kier molecular flexibility index (Phi) is 3.69. The van der Waals surface area contributed by atoms with E-state index < -0.39 is 5.82 Å². The third kappa shape index (κ3) is 2.74. The Bertz CT molecular complexity index is 795. The standard InChI is InChI=1S/C17H18FN5O/c1-22-6-7-23(14-5-4-13(18)8-12(14)9-19)10-15(22)17-20-16(21-24-17)11-2-3-11/h4-5,8,11,15H,2-3,6-7,10H2,1H3. The number of benzene rings is 1. The van der Waals surface area contributed by atoms with Crippen molar-refractivity contribution >= 4 is 5.69 Å². The SMILES string of the molecule is CN1CCN(c2ccc(F)cc2C#N)CC1c1nc(C2CC2)no1. The quantitative estimate of drug-likeness (QED) is 0.862. The Balaban J connectivity index is 1.59. The smallest absolute Gasteiger partial charge is 0.245 e. The highest BCUT2D eigenvalue weighted by Crippen LogP contribution is 2.39. The van der Waals surface area contributed by atoms with Crippen LogP contribution in [0.15, 0.2) is 22.7 Å². The minimum absolute atomic E-state index is 0.0321. The third-order valence-electron chi connectivity index (χ3n) is 4.75. The monoisotopic (exact) mass is 327 g/mol. The average Bonchev–Trinajstić information content (AvgIpc) is 3.33. The van der Waals surface area contributed by atoms with Crippen molar-refractivity contribution in [3.05, 3.63) is 41.3 Å². The molecule has 0 N–H and O–H groups in total. The number of rotatable bonds is 3. The third-order valence-corrected chi connectivity index (χ3v) is 4.75. The first-order valence-corrected chi connectivity index (χ1v) is 8.14. The van der Waals surface area contributed by atoms with Gasteiger partial charge in [0.1, 0.15) is 17.9 Å². The fourth-order valence-electron chi connectivity index (χ4n) is 3.12. The molecule has 7 heteroatoms. The lowest BCUT2D eigenvalue weighted by molar-refractivity contribution is 0.177. The van der Waals surface area contributed by atoms with Crippen LogP contribution in [0.5, 0.6) is 0 Å². The van der Waals surface area contributed by atoms with Gasteiger partial charge >= 0.3 is 0 Å². The number of likely N-dealkylation sites (N-methyl/N-ethyl adjacent to an activating group) is 1. The molecular formula is C17H18FN5O. The summed E-state index contributed by atoms with van der Waals surface area (Å²) in [5.41, 5.74) is 1.10. The average molecular weight is 327 g/mol. The number of nitrogens with zero attached hydrogens (tertiary/aromatic N) is 5. The van der Waals surface area contributed by atoms with E-state index in [2.05, 4.69) is 26.0 Å². The van der Waals surface area contributed by atoms with Crippen LogP contribution >= 0.6 is 0 Å². The minimum atomic E-state index is -0.396. The second-order valence-electron chi connectivity index (χ2n) is 6.48. The van der Waals surface area contributed by atoms with Gasteiger partial charge in [0.15, 0.2) is 5.82 Å². The number of hydrogen-bond acceptors (Lipinski definition) is 6. The van der Waals surface area contributed by atoms with Gasteiger partial charge < -0.3 is 9.42 Å². The van der Waals surface area contributed by atoms with E-state index in [9.17, 15) is 9.65 Å². The van der Waals surface area contributed by atoms with E-state index in [1.807, 2.05) is 7.05 Å². The van der Waals surface area contributed by atoms with Gasteiger partial charge in [0.25, 0.3) is 0 Å². The lowest BCUT2D eigenvalue weighted by Gasteiger charge is -2.39. The highest BCUT2D eigenvalue weighted by atomic mass is 19.1. The van der Waals surface area contributed by atoms with Crippen LogP contribution in [0.25, 0.3) is 0 Å². The molecule has 0 bridgehead atoms. The molecule has 1 aromatic carbocycles. The minimum Gasteiger partial charge on any atom is -0.367 e. The fraction of sp³-hybridized carbons (Fsp3) is 0.471. The number of hydrogen-bond donors (Lipinski definition) is 0. The molecule has 1 saturated carbocycles. The summed E-state index contributed by atoms with van der Waals surface area (Å²) in [5.74, 6) is 1.47. The van der Waals surface area contributed by atoms with Crippen molar-refractivity contribution in [1.82, 2.24) is 15.0 Å². The lowest BCUT2D eigenvalue weighted by atomic mass is 10.1. The van der Waals surface area contributed by atoms with Gasteiger partial charge in [0.2, 0.25) is 5.89 Å². The second kappa shape index (κ2) is 5.87. The van der Waals surface area contributed by atoms with Crippen LogP contribution in [0.4, 0.5) is 10.1 Å². The van der Waals surface area contributed by atoms with Gasteiger partial charge in [-0.2, -0.15) is 10.2 Å². The molecule has 4 rings (SSSR count). The molecule has 0 spiro atoms. The Morgan fingerprint density at radius 3 is 2.92 bits per heavy atom. The lowest BCUT2D eigenvalue weighted by Crippen LogP contribution is -2.47. The topological polar surface area (TPSA) is 69.2 Å². The Labute approximate surface area is 139 Å². The van der Waals surface area contributed by atoms with Crippen LogP contribution in [0.1, 0.15) is 42.1 Å². The van der Waals surface area contributed by atoms with Gasteiger partial charge in [0, 0.05) is 25.6 Å². The first-order valence-electron chi connectivity index (χ1n) is 8.14. The van der Waals surface area contributed by atoms with Crippen molar-refractivity contribution in [2.75, 3.05) is 31.6 Å². The Morgan fingerprint density at radius 2 is 2.17 bits per heavy atom. The molecule has 6 nitrogen and oxygen atoms in total. The molecule has 2 aliphatic rings. The van der Waals surface area contributed by atoms with Crippen molar-refractivity contribution < 1.29 is 8.91 Å². The molecule has 124 valence electrons. The van der Waals surface area contributed by atoms with Gasteiger partial charge in [-0.3, -0.25) is 4.90 Å². The van der Waals surface area contributed by atoms with Crippen molar-refractivity contribution in [1.29, 1.82) is 5.26 Å². The summed E-state index contributed by atoms with van der Waals surface area (Å²) in [5, 5.41) is 13.4. The van der Waals surface area contributed by atoms with Crippen LogP contribution < -0.4 is 4.90 Å². The van der Waals surface area contributed by atoms with Crippen LogP contribution in [-0.4, -0.2) is 41.7 Å².